The number of pyridine rings is 1. The number of para-hydroxylation sites is 1. The Bertz CT molecular complexity index is 969. The maximum atomic E-state index is 6.18. The number of rotatable bonds is 1. The molecule has 4 aromatic rings. The molecule has 0 aliphatic rings. The normalized spacial score (nSPS) is 11.3. The molecule has 2 heterocycles. The lowest BCUT2D eigenvalue weighted by Gasteiger charge is -2.06. The summed E-state index contributed by atoms with van der Waals surface area (Å²) in [5.41, 5.74) is 10.9. The standard InChI is InChI=1S/C18H14N2O/c1-11-6-2-3-7-12(11)14-10-16-17(18(19)20-14)13-8-4-5-9-15(13)21-16/h2-10H,1H3,(H2,19,20). The number of hydrogen-bond acceptors (Lipinski definition) is 3. The van der Waals surface area contributed by atoms with Gasteiger partial charge in [-0.1, -0.05) is 42.5 Å². The van der Waals surface area contributed by atoms with Gasteiger partial charge in [-0.15, -0.1) is 0 Å². The van der Waals surface area contributed by atoms with Crippen LogP contribution in [0.2, 0.25) is 0 Å². The Balaban J connectivity index is 2.06. The van der Waals surface area contributed by atoms with Crippen LogP contribution in [0.4, 0.5) is 5.82 Å². The zero-order valence-electron chi connectivity index (χ0n) is 11.6. The molecule has 0 bridgehead atoms. The topological polar surface area (TPSA) is 52.0 Å². The third-order valence-electron chi connectivity index (χ3n) is 3.81. The van der Waals surface area contributed by atoms with Crippen molar-refractivity contribution in [2.45, 2.75) is 6.92 Å². The zero-order valence-corrected chi connectivity index (χ0v) is 11.6. The van der Waals surface area contributed by atoms with Crippen molar-refractivity contribution in [2.24, 2.45) is 0 Å². The third-order valence-corrected chi connectivity index (χ3v) is 3.81. The van der Waals surface area contributed by atoms with Crippen molar-refractivity contribution >= 4 is 27.8 Å². The first-order valence-corrected chi connectivity index (χ1v) is 6.88. The summed E-state index contributed by atoms with van der Waals surface area (Å²) in [6.45, 7) is 2.07. The van der Waals surface area contributed by atoms with Crippen molar-refractivity contribution in [3.05, 3.63) is 60.2 Å². The number of fused-ring (bicyclic) bond motifs is 3. The van der Waals surface area contributed by atoms with E-state index in [1.54, 1.807) is 0 Å². The largest absolute Gasteiger partial charge is 0.456 e. The van der Waals surface area contributed by atoms with E-state index in [2.05, 4.69) is 18.0 Å². The highest BCUT2D eigenvalue weighted by atomic mass is 16.3. The van der Waals surface area contributed by atoms with Gasteiger partial charge in [-0.2, -0.15) is 0 Å². The number of nitrogen functional groups attached to an aromatic ring is 1. The molecule has 2 aromatic carbocycles. The summed E-state index contributed by atoms with van der Waals surface area (Å²) in [7, 11) is 0. The number of nitrogens with zero attached hydrogens (tertiary/aromatic N) is 1. The van der Waals surface area contributed by atoms with Crippen LogP contribution in [0, 0.1) is 6.92 Å². The van der Waals surface area contributed by atoms with Crippen molar-refractivity contribution < 1.29 is 4.42 Å². The van der Waals surface area contributed by atoms with E-state index in [4.69, 9.17) is 10.2 Å². The van der Waals surface area contributed by atoms with E-state index in [-0.39, 0.29) is 0 Å². The molecule has 0 spiro atoms. The Labute approximate surface area is 122 Å². The van der Waals surface area contributed by atoms with E-state index in [1.165, 1.54) is 5.56 Å². The third kappa shape index (κ3) is 1.78. The van der Waals surface area contributed by atoms with Gasteiger partial charge in [-0.25, -0.2) is 4.98 Å². The number of benzene rings is 2. The predicted molar refractivity (Wildman–Crippen MR) is 86.1 cm³/mol. The molecule has 2 N–H and O–H groups in total. The van der Waals surface area contributed by atoms with Gasteiger partial charge in [0.25, 0.3) is 0 Å². The van der Waals surface area contributed by atoms with Crippen molar-refractivity contribution in [1.82, 2.24) is 4.98 Å². The molecule has 0 amide bonds. The van der Waals surface area contributed by atoms with Crippen LogP contribution in [0.1, 0.15) is 5.56 Å². The highest BCUT2D eigenvalue weighted by Crippen LogP contribution is 2.34. The summed E-state index contributed by atoms with van der Waals surface area (Å²) in [6, 6.07) is 18.0. The first-order valence-electron chi connectivity index (χ1n) is 6.88. The summed E-state index contributed by atoms with van der Waals surface area (Å²) >= 11 is 0. The smallest absolute Gasteiger partial charge is 0.141 e. The number of anilines is 1. The van der Waals surface area contributed by atoms with Crippen LogP contribution in [0.5, 0.6) is 0 Å². The van der Waals surface area contributed by atoms with Crippen LogP contribution in [-0.2, 0) is 0 Å². The van der Waals surface area contributed by atoms with Crippen LogP contribution >= 0.6 is 0 Å². The van der Waals surface area contributed by atoms with Crippen molar-refractivity contribution in [2.75, 3.05) is 5.73 Å². The summed E-state index contributed by atoms with van der Waals surface area (Å²) in [4.78, 5) is 4.57. The van der Waals surface area contributed by atoms with E-state index in [9.17, 15) is 0 Å². The lowest BCUT2D eigenvalue weighted by atomic mass is 10.0. The number of aryl methyl sites for hydroxylation is 1. The number of furan rings is 1. The van der Waals surface area contributed by atoms with E-state index in [0.29, 0.717) is 5.82 Å². The predicted octanol–water partition coefficient (Wildman–Crippen LogP) is 4.54. The van der Waals surface area contributed by atoms with Crippen molar-refractivity contribution in [3.8, 4) is 11.3 Å². The average molecular weight is 274 g/mol. The first-order chi connectivity index (χ1) is 10.2. The second-order valence-electron chi connectivity index (χ2n) is 5.18. The zero-order chi connectivity index (χ0) is 14.4. The summed E-state index contributed by atoms with van der Waals surface area (Å²) in [5, 5.41) is 1.90. The summed E-state index contributed by atoms with van der Waals surface area (Å²) in [5.74, 6) is 0.510. The van der Waals surface area contributed by atoms with Gasteiger partial charge in [-0.3, -0.25) is 0 Å². The maximum absolute atomic E-state index is 6.18. The van der Waals surface area contributed by atoms with Crippen LogP contribution in [0.25, 0.3) is 33.2 Å². The molecule has 0 fully saturated rings. The summed E-state index contributed by atoms with van der Waals surface area (Å²) in [6.07, 6.45) is 0. The fourth-order valence-corrected chi connectivity index (χ4v) is 2.77. The van der Waals surface area contributed by atoms with E-state index < -0.39 is 0 Å². The van der Waals surface area contributed by atoms with Gasteiger partial charge in [0.2, 0.25) is 0 Å². The minimum absolute atomic E-state index is 0.510. The van der Waals surface area contributed by atoms with Crippen LogP contribution in [0.15, 0.2) is 59.0 Å². The fourth-order valence-electron chi connectivity index (χ4n) is 2.77. The van der Waals surface area contributed by atoms with Crippen molar-refractivity contribution in [1.29, 1.82) is 0 Å². The Hall–Kier alpha value is -2.81. The van der Waals surface area contributed by atoms with E-state index >= 15 is 0 Å². The molecule has 102 valence electrons. The molecule has 0 saturated carbocycles. The highest BCUT2D eigenvalue weighted by Gasteiger charge is 2.13. The van der Waals surface area contributed by atoms with Crippen LogP contribution in [-0.4, -0.2) is 4.98 Å². The Morgan fingerprint density at radius 1 is 0.952 bits per heavy atom. The maximum Gasteiger partial charge on any atom is 0.141 e. The molecule has 3 nitrogen and oxygen atoms in total. The number of hydrogen-bond donors (Lipinski definition) is 1. The molecule has 4 rings (SSSR count). The first kappa shape index (κ1) is 12.0. The molecule has 0 radical (unpaired) electrons. The Morgan fingerprint density at radius 3 is 2.57 bits per heavy atom. The Morgan fingerprint density at radius 2 is 1.71 bits per heavy atom. The highest BCUT2D eigenvalue weighted by molar-refractivity contribution is 6.10. The van der Waals surface area contributed by atoms with E-state index in [1.807, 2.05) is 48.5 Å². The molecule has 0 atom stereocenters. The molecule has 0 aliphatic heterocycles. The van der Waals surface area contributed by atoms with Gasteiger partial charge in [0, 0.05) is 17.0 Å². The molecular weight excluding hydrogens is 260 g/mol. The molecule has 2 aromatic heterocycles. The molecule has 3 heteroatoms. The Kier molecular flexibility index (Phi) is 2.48. The van der Waals surface area contributed by atoms with Gasteiger partial charge in [0.15, 0.2) is 0 Å². The van der Waals surface area contributed by atoms with Gasteiger partial charge in [0.1, 0.15) is 17.0 Å². The van der Waals surface area contributed by atoms with Gasteiger partial charge >= 0.3 is 0 Å². The quantitative estimate of drug-likeness (QED) is 0.554. The molecule has 21 heavy (non-hydrogen) atoms. The SMILES string of the molecule is Cc1ccccc1-c1cc2oc3ccccc3c2c(N)n1. The number of nitrogens with two attached hydrogens (primary N) is 1. The number of aromatic nitrogens is 1. The second kappa shape index (κ2) is 4.35. The minimum atomic E-state index is 0.510. The molecule has 0 unspecified atom stereocenters. The van der Waals surface area contributed by atoms with Gasteiger partial charge < -0.3 is 10.2 Å². The van der Waals surface area contributed by atoms with Gasteiger partial charge in [-0.05, 0) is 18.6 Å². The molecule has 0 saturated heterocycles. The molecular formula is C18H14N2O. The van der Waals surface area contributed by atoms with Crippen LogP contribution in [0.3, 0.4) is 0 Å². The average Bonchev–Trinajstić information content (AvgIpc) is 2.86. The molecule has 0 aliphatic carbocycles. The van der Waals surface area contributed by atoms with E-state index in [0.717, 1.165) is 33.2 Å². The lowest BCUT2D eigenvalue weighted by Crippen LogP contribution is -1.94. The van der Waals surface area contributed by atoms with Crippen molar-refractivity contribution in [3.63, 3.8) is 0 Å². The minimum Gasteiger partial charge on any atom is -0.456 e. The summed E-state index contributed by atoms with van der Waals surface area (Å²) < 4.78 is 5.92. The monoisotopic (exact) mass is 274 g/mol. The lowest BCUT2D eigenvalue weighted by molar-refractivity contribution is 0.669. The fraction of sp³-hybridized carbons (Fsp3) is 0.0556. The van der Waals surface area contributed by atoms with Crippen LogP contribution < -0.4 is 5.73 Å². The van der Waals surface area contributed by atoms with Gasteiger partial charge in [0.05, 0.1) is 11.1 Å². The second-order valence-corrected chi connectivity index (χ2v) is 5.18.